The van der Waals surface area contributed by atoms with Crippen LogP contribution >= 0.6 is 11.3 Å². The summed E-state index contributed by atoms with van der Waals surface area (Å²) in [5.74, 6) is 1.41. The van der Waals surface area contributed by atoms with Crippen molar-refractivity contribution in [1.82, 2.24) is 0 Å². The van der Waals surface area contributed by atoms with Crippen LogP contribution in [0.3, 0.4) is 0 Å². The molecule has 1 aromatic heterocycles. The van der Waals surface area contributed by atoms with Crippen LogP contribution in [0.1, 0.15) is 33.0 Å². The molecule has 0 amide bonds. The predicted octanol–water partition coefficient (Wildman–Crippen LogP) is 4.78. The van der Waals surface area contributed by atoms with Crippen molar-refractivity contribution in [1.29, 1.82) is 0 Å². The van der Waals surface area contributed by atoms with Crippen LogP contribution in [0.2, 0.25) is 0 Å². The van der Waals surface area contributed by atoms with Crippen LogP contribution in [0.4, 0.5) is 0 Å². The number of rotatable bonds is 4. The molecular formula is C22H18N2O2S. The first-order chi connectivity index (χ1) is 13.4. The Bertz CT molecular complexity index is 915. The number of benzene rings is 2. The van der Waals surface area contributed by atoms with Gasteiger partial charge in [0.2, 0.25) is 11.8 Å². The zero-order valence-corrected chi connectivity index (χ0v) is 15.4. The quantitative estimate of drug-likeness (QED) is 0.659. The molecule has 0 spiro atoms. The maximum Gasteiger partial charge on any atom is 0.227 e. The van der Waals surface area contributed by atoms with E-state index in [0.29, 0.717) is 25.0 Å². The van der Waals surface area contributed by atoms with Crippen molar-refractivity contribution >= 4 is 23.1 Å². The molecule has 27 heavy (non-hydrogen) atoms. The van der Waals surface area contributed by atoms with Crippen molar-refractivity contribution in [2.75, 3.05) is 13.2 Å². The van der Waals surface area contributed by atoms with Crippen LogP contribution < -0.4 is 0 Å². The van der Waals surface area contributed by atoms with Crippen LogP contribution in [-0.4, -0.2) is 25.0 Å². The molecule has 0 N–H and O–H groups in total. The molecule has 5 rings (SSSR count). The Morgan fingerprint density at radius 3 is 1.52 bits per heavy atom. The van der Waals surface area contributed by atoms with Crippen LogP contribution in [0.5, 0.6) is 0 Å². The fourth-order valence-corrected chi connectivity index (χ4v) is 4.18. The van der Waals surface area contributed by atoms with Gasteiger partial charge in [-0.25, -0.2) is 9.98 Å². The van der Waals surface area contributed by atoms with Gasteiger partial charge in [0, 0.05) is 0 Å². The topological polar surface area (TPSA) is 43.2 Å². The summed E-state index contributed by atoms with van der Waals surface area (Å²) in [5.41, 5.74) is 2.36. The van der Waals surface area contributed by atoms with E-state index in [9.17, 15) is 0 Å². The molecular weight excluding hydrogens is 356 g/mol. The van der Waals surface area contributed by atoms with Gasteiger partial charge in [-0.05, 0) is 23.3 Å². The number of ether oxygens (including phenoxy) is 2. The van der Waals surface area contributed by atoms with Gasteiger partial charge < -0.3 is 9.47 Å². The summed E-state index contributed by atoms with van der Waals surface area (Å²) in [6, 6.07) is 24.7. The van der Waals surface area contributed by atoms with Gasteiger partial charge >= 0.3 is 0 Å². The van der Waals surface area contributed by atoms with E-state index in [1.165, 1.54) is 11.1 Å². The lowest BCUT2D eigenvalue weighted by Crippen LogP contribution is -2.00. The molecule has 2 aliphatic rings. The molecule has 0 unspecified atom stereocenters. The highest BCUT2D eigenvalue weighted by Gasteiger charge is 2.26. The molecule has 2 aliphatic heterocycles. The van der Waals surface area contributed by atoms with E-state index in [-0.39, 0.29) is 12.1 Å². The van der Waals surface area contributed by atoms with Gasteiger partial charge in [0.05, 0.1) is 9.75 Å². The van der Waals surface area contributed by atoms with Gasteiger partial charge in [0.15, 0.2) is 0 Å². The van der Waals surface area contributed by atoms with Crippen molar-refractivity contribution in [3.63, 3.8) is 0 Å². The summed E-state index contributed by atoms with van der Waals surface area (Å²) in [6.07, 6.45) is 0. The molecule has 4 nitrogen and oxygen atoms in total. The first-order valence-corrected chi connectivity index (χ1v) is 9.80. The maximum atomic E-state index is 5.85. The molecule has 0 saturated carbocycles. The van der Waals surface area contributed by atoms with Crippen molar-refractivity contribution in [2.24, 2.45) is 9.98 Å². The Labute approximate surface area is 161 Å². The minimum absolute atomic E-state index is 0.0642. The second kappa shape index (κ2) is 7.00. The Hall–Kier alpha value is -2.92. The van der Waals surface area contributed by atoms with Crippen molar-refractivity contribution in [3.05, 3.63) is 93.7 Å². The Morgan fingerprint density at radius 1 is 0.630 bits per heavy atom. The average Bonchev–Trinajstić information content (AvgIpc) is 3.49. The summed E-state index contributed by atoms with van der Waals surface area (Å²) in [7, 11) is 0. The summed E-state index contributed by atoms with van der Waals surface area (Å²) >= 11 is 1.61. The third-order valence-electron chi connectivity index (χ3n) is 4.70. The first-order valence-electron chi connectivity index (χ1n) is 8.98. The standard InChI is InChI=1S/C22H18N2O2S/c1-3-7-15(8-4-1)17-13-25-21(23-17)19-11-12-20(27-19)22-24-18(14-26-22)16-9-5-2-6-10-16/h1-12,17-18H,13-14H2/t17-,18-/m1/s1. The van der Waals surface area contributed by atoms with E-state index < -0.39 is 0 Å². The Kier molecular flexibility index (Phi) is 4.22. The van der Waals surface area contributed by atoms with Gasteiger partial charge in [0.25, 0.3) is 0 Å². The number of thiophene rings is 1. The zero-order valence-electron chi connectivity index (χ0n) is 14.6. The molecule has 0 saturated heterocycles. The van der Waals surface area contributed by atoms with Gasteiger partial charge in [0.1, 0.15) is 25.3 Å². The lowest BCUT2D eigenvalue weighted by molar-refractivity contribution is 0.320. The molecule has 5 heteroatoms. The zero-order chi connectivity index (χ0) is 18.1. The smallest absolute Gasteiger partial charge is 0.227 e. The van der Waals surface area contributed by atoms with E-state index in [4.69, 9.17) is 19.5 Å². The summed E-state index contributed by atoms with van der Waals surface area (Å²) < 4.78 is 11.7. The van der Waals surface area contributed by atoms with E-state index in [1.807, 2.05) is 48.5 Å². The molecule has 3 heterocycles. The minimum atomic E-state index is 0.0642. The lowest BCUT2D eigenvalue weighted by atomic mass is 10.1. The second-order valence-corrected chi connectivity index (χ2v) is 7.59. The fraction of sp³-hybridized carbons (Fsp3) is 0.182. The van der Waals surface area contributed by atoms with Gasteiger partial charge in [-0.1, -0.05) is 60.7 Å². The summed E-state index contributed by atoms with van der Waals surface area (Å²) in [6.45, 7) is 1.17. The second-order valence-electron chi connectivity index (χ2n) is 6.51. The molecule has 0 radical (unpaired) electrons. The van der Waals surface area contributed by atoms with Crippen molar-refractivity contribution < 1.29 is 9.47 Å². The van der Waals surface area contributed by atoms with Crippen LogP contribution in [-0.2, 0) is 9.47 Å². The van der Waals surface area contributed by atoms with Crippen LogP contribution in [0, 0.1) is 0 Å². The van der Waals surface area contributed by atoms with Crippen molar-refractivity contribution in [3.8, 4) is 0 Å². The van der Waals surface area contributed by atoms with Gasteiger partial charge in [-0.3, -0.25) is 0 Å². The van der Waals surface area contributed by atoms with Crippen LogP contribution in [0.25, 0.3) is 0 Å². The average molecular weight is 374 g/mol. The summed E-state index contributed by atoms with van der Waals surface area (Å²) in [4.78, 5) is 11.5. The SMILES string of the molecule is c1ccc([C@H]2COC(c3ccc(C4=N[C@@H](c5ccccc5)CO4)s3)=N2)cc1. The Balaban J connectivity index is 1.35. The largest absolute Gasteiger partial charge is 0.474 e. The highest BCUT2D eigenvalue weighted by Crippen LogP contribution is 2.30. The van der Waals surface area contributed by atoms with E-state index in [2.05, 4.69) is 24.3 Å². The van der Waals surface area contributed by atoms with Gasteiger partial charge in [-0.15, -0.1) is 11.3 Å². The molecule has 2 aromatic carbocycles. The monoisotopic (exact) mass is 374 g/mol. The fourth-order valence-electron chi connectivity index (χ4n) is 3.28. The molecule has 3 aromatic rings. The maximum absolute atomic E-state index is 5.85. The molecule has 0 aliphatic carbocycles. The number of nitrogens with zero attached hydrogens (tertiary/aromatic N) is 2. The predicted molar refractivity (Wildman–Crippen MR) is 108 cm³/mol. The lowest BCUT2D eigenvalue weighted by Gasteiger charge is -2.03. The third-order valence-corrected chi connectivity index (χ3v) is 5.76. The van der Waals surface area contributed by atoms with E-state index in [1.54, 1.807) is 11.3 Å². The molecule has 0 fully saturated rings. The minimum Gasteiger partial charge on any atom is -0.474 e. The van der Waals surface area contributed by atoms with Crippen LogP contribution in [0.15, 0.2) is 82.8 Å². The van der Waals surface area contributed by atoms with Gasteiger partial charge in [-0.2, -0.15) is 0 Å². The highest BCUT2D eigenvalue weighted by atomic mass is 32.1. The van der Waals surface area contributed by atoms with E-state index in [0.717, 1.165) is 9.75 Å². The molecule has 0 bridgehead atoms. The highest BCUT2D eigenvalue weighted by molar-refractivity contribution is 7.16. The number of hydrogen-bond donors (Lipinski definition) is 0. The number of hydrogen-bond acceptors (Lipinski definition) is 5. The first kappa shape index (κ1) is 16.3. The third kappa shape index (κ3) is 3.26. The molecule has 134 valence electrons. The summed E-state index contributed by atoms with van der Waals surface area (Å²) in [5, 5.41) is 0. The molecule has 2 atom stereocenters. The Morgan fingerprint density at radius 2 is 1.07 bits per heavy atom. The number of aliphatic imine (C=N–C) groups is 2. The normalized spacial score (nSPS) is 21.3. The van der Waals surface area contributed by atoms with E-state index >= 15 is 0 Å². The van der Waals surface area contributed by atoms with Crippen molar-refractivity contribution in [2.45, 2.75) is 12.1 Å².